The van der Waals surface area contributed by atoms with Crippen LogP contribution in [0.1, 0.15) is 101 Å². The average molecular weight is 491 g/mol. The Morgan fingerprint density at radius 3 is 2.18 bits per heavy atom. The first-order valence-corrected chi connectivity index (χ1v) is 15.5. The van der Waals surface area contributed by atoms with E-state index in [9.17, 15) is 14.7 Å². The molecule has 2 fully saturated rings. The van der Waals surface area contributed by atoms with Crippen molar-refractivity contribution in [1.82, 2.24) is 0 Å². The summed E-state index contributed by atoms with van der Waals surface area (Å²) < 4.78 is 6.33. The third kappa shape index (κ3) is 5.30. The van der Waals surface area contributed by atoms with E-state index in [1.807, 2.05) is 0 Å². The number of hydrogen-bond acceptors (Lipinski definition) is 4. The monoisotopic (exact) mass is 490 g/mol. The number of rotatable bonds is 9. The molecule has 0 heterocycles. The van der Waals surface area contributed by atoms with Gasteiger partial charge in [-0.3, -0.25) is 4.79 Å². The summed E-state index contributed by atoms with van der Waals surface area (Å²) in [6, 6.07) is 0. The SMILES string of the molecule is C=C1CC[C@H]2C(C)(C)CCC[C@]2(C)[C@@H]1C[C@@H](O)/C(=C/C=O)C(=O)O[Si](C(C)C)(C(C)C)C(C)C. The van der Waals surface area contributed by atoms with Gasteiger partial charge < -0.3 is 9.53 Å². The van der Waals surface area contributed by atoms with Crippen LogP contribution < -0.4 is 0 Å². The zero-order chi connectivity index (χ0) is 26.1. The molecule has 0 bridgehead atoms. The second-order valence-corrected chi connectivity index (χ2v) is 18.2. The highest BCUT2D eigenvalue weighted by atomic mass is 28.4. The van der Waals surface area contributed by atoms with Crippen molar-refractivity contribution in [3.63, 3.8) is 0 Å². The van der Waals surface area contributed by atoms with Crippen LogP contribution in [0.25, 0.3) is 0 Å². The van der Waals surface area contributed by atoms with E-state index < -0.39 is 20.4 Å². The Morgan fingerprint density at radius 2 is 1.68 bits per heavy atom. The summed E-state index contributed by atoms with van der Waals surface area (Å²) in [5, 5.41) is 11.4. The van der Waals surface area contributed by atoms with Crippen molar-refractivity contribution in [3.8, 4) is 0 Å². The molecule has 34 heavy (non-hydrogen) atoms. The topological polar surface area (TPSA) is 63.6 Å². The van der Waals surface area contributed by atoms with Crippen LogP contribution in [0.5, 0.6) is 0 Å². The fraction of sp³-hybridized carbons (Fsp3) is 0.793. The minimum atomic E-state index is -2.49. The predicted molar refractivity (Wildman–Crippen MR) is 143 cm³/mol. The molecule has 0 radical (unpaired) electrons. The molecule has 0 aromatic heterocycles. The summed E-state index contributed by atoms with van der Waals surface area (Å²) in [5.74, 6) is 0.158. The molecular formula is C29H50O4Si. The first-order chi connectivity index (χ1) is 15.6. The maximum absolute atomic E-state index is 13.5. The minimum Gasteiger partial charge on any atom is -0.515 e. The van der Waals surface area contributed by atoms with Crippen molar-refractivity contribution in [2.24, 2.45) is 22.7 Å². The third-order valence-corrected chi connectivity index (χ3v) is 15.5. The summed E-state index contributed by atoms with van der Waals surface area (Å²) in [4.78, 5) is 25.0. The summed E-state index contributed by atoms with van der Waals surface area (Å²) in [5.41, 5.74) is 2.26. The van der Waals surface area contributed by atoms with Gasteiger partial charge in [0.15, 0.2) is 0 Å². The van der Waals surface area contributed by atoms with E-state index in [2.05, 4.69) is 68.9 Å². The summed E-state index contributed by atoms with van der Waals surface area (Å²) in [7, 11) is -2.49. The van der Waals surface area contributed by atoms with Gasteiger partial charge >= 0.3 is 5.97 Å². The number of carbonyl (C=O) groups is 2. The Balaban J connectivity index is 2.35. The Morgan fingerprint density at radius 1 is 1.12 bits per heavy atom. The van der Waals surface area contributed by atoms with Gasteiger partial charge in [-0.05, 0) is 77.5 Å². The van der Waals surface area contributed by atoms with Crippen LogP contribution in [0.3, 0.4) is 0 Å². The number of fused-ring (bicyclic) bond motifs is 1. The first-order valence-electron chi connectivity index (χ1n) is 13.4. The molecule has 4 nitrogen and oxygen atoms in total. The van der Waals surface area contributed by atoms with Crippen molar-refractivity contribution in [3.05, 3.63) is 23.8 Å². The molecule has 0 aromatic rings. The quantitative estimate of drug-likeness (QED) is 0.158. The van der Waals surface area contributed by atoms with Crippen LogP contribution in [0, 0.1) is 22.7 Å². The number of allylic oxidation sites excluding steroid dienone is 2. The van der Waals surface area contributed by atoms with Crippen LogP contribution >= 0.6 is 0 Å². The molecule has 0 aromatic carbocycles. The van der Waals surface area contributed by atoms with Gasteiger partial charge in [-0.2, -0.15) is 0 Å². The van der Waals surface area contributed by atoms with Gasteiger partial charge in [-0.1, -0.05) is 80.9 Å². The van der Waals surface area contributed by atoms with Crippen LogP contribution in [0.15, 0.2) is 23.8 Å². The van der Waals surface area contributed by atoms with E-state index in [0.29, 0.717) is 18.6 Å². The zero-order valence-electron chi connectivity index (χ0n) is 23.2. The summed E-state index contributed by atoms with van der Waals surface area (Å²) in [6.45, 7) is 24.2. The largest absolute Gasteiger partial charge is 0.515 e. The predicted octanol–water partition coefficient (Wildman–Crippen LogP) is 7.38. The number of carbonyl (C=O) groups excluding carboxylic acids is 2. The second kappa shape index (κ2) is 10.8. The lowest BCUT2D eigenvalue weighted by atomic mass is 9.47. The van der Waals surface area contributed by atoms with Crippen LogP contribution in [0.4, 0.5) is 0 Å². The number of aldehydes is 1. The van der Waals surface area contributed by atoms with Gasteiger partial charge in [-0.25, -0.2) is 4.79 Å². The standard InChI is InChI=1S/C29H50O4Si/c1-19(2)34(20(3)4,21(5)6)33-27(32)23(14-17-30)25(31)18-24-22(7)12-13-26-28(8,9)15-11-16-29(24,26)10/h14,17,19-21,24-26,31H,7,11-13,15-16,18H2,1-6,8-10H3/b23-14-/t24-,25-,26+,29-/m1/s1. The second-order valence-electron chi connectivity index (χ2n) is 12.9. The van der Waals surface area contributed by atoms with Crippen molar-refractivity contribution >= 4 is 20.6 Å². The lowest BCUT2D eigenvalue weighted by Crippen LogP contribution is -2.51. The number of aliphatic hydroxyl groups is 1. The Hall–Kier alpha value is -1.20. The van der Waals surface area contributed by atoms with Gasteiger partial charge in [0, 0.05) is 0 Å². The van der Waals surface area contributed by atoms with Crippen molar-refractivity contribution in [1.29, 1.82) is 0 Å². The lowest BCUT2D eigenvalue weighted by Gasteiger charge is -2.58. The molecule has 2 rings (SSSR count). The maximum atomic E-state index is 13.5. The fourth-order valence-corrected chi connectivity index (χ4v) is 13.2. The normalized spacial score (nSPS) is 28.7. The van der Waals surface area contributed by atoms with Gasteiger partial charge in [0.1, 0.15) is 6.29 Å². The highest BCUT2D eigenvalue weighted by Gasteiger charge is 2.54. The van der Waals surface area contributed by atoms with Crippen LogP contribution in [-0.4, -0.2) is 31.8 Å². The van der Waals surface area contributed by atoms with E-state index >= 15 is 0 Å². The van der Waals surface area contributed by atoms with Gasteiger partial charge in [0.2, 0.25) is 0 Å². The van der Waals surface area contributed by atoms with E-state index in [-0.39, 0.29) is 38.9 Å². The summed E-state index contributed by atoms with van der Waals surface area (Å²) >= 11 is 0. The van der Waals surface area contributed by atoms with E-state index in [4.69, 9.17) is 4.43 Å². The smallest absolute Gasteiger partial charge is 0.323 e. The Labute approximate surface area is 209 Å². The van der Waals surface area contributed by atoms with Crippen LogP contribution in [-0.2, 0) is 14.0 Å². The lowest BCUT2D eigenvalue weighted by molar-refractivity contribution is -0.133. The van der Waals surface area contributed by atoms with Gasteiger partial charge in [-0.15, -0.1) is 0 Å². The van der Waals surface area contributed by atoms with Crippen molar-refractivity contribution in [2.45, 2.75) is 124 Å². The Kier molecular flexibility index (Phi) is 9.24. The van der Waals surface area contributed by atoms with E-state index in [0.717, 1.165) is 19.3 Å². The molecule has 0 unspecified atom stereocenters. The highest BCUT2D eigenvalue weighted by Crippen LogP contribution is 2.61. The molecule has 4 atom stereocenters. The summed E-state index contributed by atoms with van der Waals surface area (Å²) in [6.07, 6.45) is 6.81. The molecule has 2 aliphatic carbocycles. The molecule has 194 valence electrons. The van der Waals surface area contributed by atoms with Crippen LogP contribution in [0.2, 0.25) is 16.6 Å². The maximum Gasteiger partial charge on any atom is 0.323 e. The van der Waals surface area contributed by atoms with E-state index in [1.54, 1.807) is 0 Å². The first kappa shape index (κ1) is 29.0. The number of aliphatic hydroxyl groups excluding tert-OH is 1. The molecule has 2 aliphatic rings. The average Bonchev–Trinajstić information content (AvgIpc) is 2.71. The van der Waals surface area contributed by atoms with Gasteiger partial charge in [0.25, 0.3) is 8.32 Å². The van der Waals surface area contributed by atoms with E-state index in [1.165, 1.54) is 24.5 Å². The molecule has 2 saturated carbocycles. The minimum absolute atomic E-state index is 0.0422. The molecule has 0 aliphatic heterocycles. The van der Waals surface area contributed by atoms with Crippen molar-refractivity contribution < 1.29 is 19.1 Å². The Bertz CT molecular complexity index is 772. The highest BCUT2D eigenvalue weighted by molar-refractivity contribution is 6.79. The number of hydrogen-bond donors (Lipinski definition) is 1. The molecule has 0 spiro atoms. The van der Waals surface area contributed by atoms with Crippen molar-refractivity contribution in [2.75, 3.05) is 0 Å². The molecule has 1 N–H and O–H groups in total. The third-order valence-electron chi connectivity index (χ3n) is 9.60. The molecule has 0 amide bonds. The van der Waals surface area contributed by atoms with Gasteiger partial charge in [0.05, 0.1) is 11.7 Å². The molecule has 5 heteroatoms. The fourth-order valence-electron chi connectivity index (χ4n) is 8.02. The molecule has 0 saturated heterocycles. The zero-order valence-corrected chi connectivity index (χ0v) is 24.2. The molecular weight excluding hydrogens is 440 g/mol.